The number of halogens is 1. The molecule has 1 atom stereocenters. The molecule has 6 nitrogen and oxygen atoms in total. The van der Waals surface area contributed by atoms with Gasteiger partial charge in [-0.15, -0.1) is 10.2 Å². The fraction of sp³-hybridized carbons (Fsp3) is 0.619. The third-order valence-electron chi connectivity index (χ3n) is 6.26. The molecular weight excluding hydrogens is 372 g/mol. The highest BCUT2D eigenvalue weighted by atomic mass is 35.5. The largest absolute Gasteiger partial charge is 0.385 e. The Balaban J connectivity index is 1.41. The van der Waals surface area contributed by atoms with E-state index in [1.165, 1.54) is 37.9 Å². The summed E-state index contributed by atoms with van der Waals surface area (Å²) < 4.78 is 0. The van der Waals surface area contributed by atoms with Crippen molar-refractivity contribution >= 4 is 23.3 Å². The Morgan fingerprint density at radius 1 is 1.07 bits per heavy atom. The van der Waals surface area contributed by atoms with E-state index in [-0.39, 0.29) is 0 Å². The summed E-state index contributed by atoms with van der Waals surface area (Å²) in [7, 11) is 2.25. The summed E-state index contributed by atoms with van der Waals surface area (Å²) in [5, 5.41) is 9.07. The Morgan fingerprint density at radius 2 is 1.82 bits per heavy atom. The minimum absolute atomic E-state index is 0.549. The van der Waals surface area contributed by atoms with E-state index in [0.29, 0.717) is 24.3 Å². The molecular formula is C21H31ClN6. The van der Waals surface area contributed by atoms with Crippen molar-refractivity contribution in [1.29, 1.82) is 0 Å². The topological polar surface area (TPSA) is 60.5 Å². The average molecular weight is 403 g/mol. The molecule has 1 aromatic rings. The predicted molar refractivity (Wildman–Crippen MR) is 116 cm³/mol. The van der Waals surface area contributed by atoms with Gasteiger partial charge in [0.2, 0.25) is 0 Å². The van der Waals surface area contributed by atoms with Gasteiger partial charge in [0.15, 0.2) is 0 Å². The SMILES string of the molecule is CN1CCCN(C2CCN(C3=NN=C(N)C3)CC2)[C@@H](Cc2ccc(Cl)cc2)C1. The second-order valence-electron chi connectivity index (χ2n) is 8.34. The number of nitrogens with zero attached hydrogens (tertiary/aromatic N) is 5. The van der Waals surface area contributed by atoms with Crippen LogP contribution in [0.3, 0.4) is 0 Å². The van der Waals surface area contributed by atoms with Gasteiger partial charge in [0.05, 0.1) is 6.42 Å². The maximum atomic E-state index is 6.08. The van der Waals surface area contributed by atoms with Crippen LogP contribution in [0.1, 0.15) is 31.2 Å². The normalized spacial score (nSPS) is 25.5. The van der Waals surface area contributed by atoms with Gasteiger partial charge >= 0.3 is 0 Å². The highest BCUT2D eigenvalue weighted by molar-refractivity contribution is 6.30. The molecule has 28 heavy (non-hydrogen) atoms. The third kappa shape index (κ3) is 4.67. The number of likely N-dealkylation sites (N-methyl/N-ethyl adjacent to an activating group) is 1. The molecule has 0 radical (unpaired) electrons. The molecule has 2 fully saturated rings. The summed E-state index contributed by atoms with van der Waals surface area (Å²) >= 11 is 6.08. The summed E-state index contributed by atoms with van der Waals surface area (Å²) in [4.78, 5) is 7.65. The Labute approximate surface area is 173 Å². The van der Waals surface area contributed by atoms with Crippen molar-refractivity contribution in [1.82, 2.24) is 14.7 Å². The molecule has 0 unspecified atom stereocenters. The first-order valence-corrected chi connectivity index (χ1v) is 10.8. The molecule has 3 aliphatic rings. The summed E-state index contributed by atoms with van der Waals surface area (Å²) in [6.07, 6.45) is 5.39. The molecule has 0 saturated carbocycles. The molecule has 0 aliphatic carbocycles. The van der Waals surface area contributed by atoms with Crippen LogP contribution >= 0.6 is 11.6 Å². The Morgan fingerprint density at radius 3 is 2.50 bits per heavy atom. The van der Waals surface area contributed by atoms with Gasteiger partial charge in [0.25, 0.3) is 0 Å². The third-order valence-corrected chi connectivity index (χ3v) is 6.52. The molecule has 2 saturated heterocycles. The van der Waals surface area contributed by atoms with Gasteiger partial charge in [-0.3, -0.25) is 4.90 Å². The summed E-state index contributed by atoms with van der Waals surface area (Å²) in [6.45, 7) is 5.59. The molecule has 3 heterocycles. The quantitative estimate of drug-likeness (QED) is 0.843. The zero-order valence-electron chi connectivity index (χ0n) is 16.7. The summed E-state index contributed by atoms with van der Waals surface area (Å²) in [6, 6.07) is 9.56. The molecule has 0 amide bonds. The number of nitrogens with two attached hydrogens (primary N) is 1. The van der Waals surface area contributed by atoms with E-state index in [1.807, 2.05) is 12.1 Å². The van der Waals surface area contributed by atoms with Crippen LogP contribution in [-0.4, -0.2) is 78.2 Å². The van der Waals surface area contributed by atoms with Crippen molar-refractivity contribution in [3.05, 3.63) is 34.9 Å². The number of hydrogen-bond acceptors (Lipinski definition) is 6. The van der Waals surface area contributed by atoms with Crippen molar-refractivity contribution in [3.8, 4) is 0 Å². The lowest BCUT2D eigenvalue weighted by atomic mass is 9.97. The number of likely N-dealkylation sites (tertiary alicyclic amines) is 1. The highest BCUT2D eigenvalue weighted by Gasteiger charge is 2.33. The van der Waals surface area contributed by atoms with E-state index < -0.39 is 0 Å². The van der Waals surface area contributed by atoms with Crippen LogP contribution in [-0.2, 0) is 6.42 Å². The maximum absolute atomic E-state index is 6.08. The number of rotatable bonds is 3. The first-order chi connectivity index (χ1) is 13.6. The first-order valence-electron chi connectivity index (χ1n) is 10.4. The second-order valence-corrected chi connectivity index (χ2v) is 8.78. The smallest absolute Gasteiger partial charge is 0.135 e. The zero-order chi connectivity index (χ0) is 19.5. The Bertz CT molecular complexity index is 723. The lowest BCUT2D eigenvalue weighted by Crippen LogP contribution is -2.52. The lowest BCUT2D eigenvalue weighted by Gasteiger charge is -2.42. The Kier molecular flexibility index (Phi) is 6.19. The van der Waals surface area contributed by atoms with Crippen molar-refractivity contribution in [2.24, 2.45) is 15.9 Å². The number of hydrogen-bond donors (Lipinski definition) is 1. The van der Waals surface area contributed by atoms with Gasteiger partial charge in [0, 0.05) is 43.3 Å². The van der Waals surface area contributed by atoms with E-state index >= 15 is 0 Å². The van der Waals surface area contributed by atoms with Crippen molar-refractivity contribution in [3.63, 3.8) is 0 Å². The van der Waals surface area contributed by atoms with Crippen LogP contribution in [0.25, 0.3) is 0 Å². The molecule has 4 rings (SSSR count). The second kappa shape index (κ2) is 8.80. The predicted octanol–water partition coefficient (Wildman–Crippen LogP) is 2.43. The molecule has 3 aliphatic heterocycles. The standard InChI is InChI=1S/C21H31ClN6/c1-26-9-2-10-28(19(15-26)13-16-3-5-17(22)6-4-16)18-7-11-27(12-8-18)21-14-20(23)24-25-21/h3-6,18-19H,2,7-15H2,1H3,(H2,23,24)/t19-/m0/s1. The van der Waals surface area contributed by atoms with E-state index in [0.717, 1.165) is 36.9 Å². The maximum Gasteiger partial charge on any atom is 0.135 e. The van der Waals surface area contributed by atoms with Crippen LogP contribution in [0.4, 0.5) is 0 Å². The van der Waals surface area contributed by atoms with Gasteiger partial charge in [-0.25, -0.2) is 0 Å². The summed E-state index contributed by atoms with van der Waals surface area (Å²) in [5.74, 6) is 1.68. The minimum Gasteiger partial charge on any atom is -0.385 e. The van der Waals surface area contributed by atoms with E-state index in [2.05, 4.69) is 44.1 Å². The molecule has 152 valence electrons. The zero-order valence-corrected chi connectivity index (χ0v) is 17.5. The fourth-order valence-corrected chi connectivity index (χ4v) is 4.93. The van der Waals surface area contributed by atoms with Crippen molar-refractivity contribution < 1.29 is 0 Å². The van der Waals surface area contributed by atoms with Crippen molar-refractivity contribution in [2.75, 3.05) is 39.8 Å². The molecule has 0 aromatic heterocycles. The molecule has 0 bridgehead atoms. The van der Waals surface area contributed by atoms with Crippen LogP contribution in [0.2, 0.25) is 5.02 Å². The van der Waals surface area contributed by atoms with Crippen LogP contribution in [0.5, 0.6) is 0 Å². The van der Waals surface area contributed by atoms with Gasteiger partial charge in [0.1, 0.15) is 11.7 Å². The molecule has 7 heteroatoms. The van der Waals surface area contributed by atoms with E-state index in [1.54, 1.807) is 0 Å². The monoisotopic (exact) mass is 402 g/mol. The van der Waals surface area contributed by atoms with E-state index in [9.17, 15) is 0 Å². The molecule has 2 N–H and O–H groups in total. The molecule has 0 spiro atoms. The van der Waals surface area contributed by atoms with Crippen molar-refractivity contribution in [2.45, 2.75) is 44.2 Å². The van der Waals surface area contributed by atoms with Crippen LogP contribution < -0.4 is 5.73 Å². The van der Waals surface area contributed by atoms with E-state index in [4.69, 9.17) is 17.3 Å². The average Bonchev–Trinajstić information content (AvgIpc) is 3.04. The van der Waals surface area contributed by atoms with Crippen LogP contribution in [0, 0.1) is 0 Å². The molecule has 1 aromatic carbocycles. The highest BCUT2D eigenvalue weighted by Crippen LogP contribution is 2.25. The van der Waals surface area contributed by atoms with Gasteiger partial charge in [-0.1, -0.05) is 23.7 Å². The fourth-order valence-electron chi connectivity index (χ4n) is 4.80. The Hall–Kier alpha value is -1.63. The number of amidine groups is 2. The lowest BCUT2D eigenvalue weighted by molar-refractivity contribution is 0.0908. The van der Waals surface area contributed by atoms with Gasteiger partial charge in [-0.05, 0) is 57.0 Å². The minimum atomic E-state index is 0.549. The number of benzene rings is 1. The summed E-state index contributed by atoms with van der Waals surface area (Å²) in [5.41, 5.74) is 7.17. The first kappa shape index (κ1) is 19.7. The number of piperidine rings is 1. The van der Waals surface area contributed by atoms with Gasteiger partial charge < -0.3 is 15.5 Å². The van der Waals surface area contributed by atoms with Gasteiger partial charge in [-0.2, -0.15) is 0 Å². The van der Waals surface area contributed by atoms with Crippen LogP contribution in [0.15, 0.2) is 34.5 Å².